The number of cyclic esters (lactones) is 1. The lowest BCUT2D eigenvalue weighted by Crippen LogP contribution is -2.39. The summed E-state index contributed by atoms with van der Waals surface area (Å²) in [4.78, 5) is 15.3. The zero-order valence-corrected chi connectivity index (χ0v) is 18.2. The first-order valence-corrected chi connectivity index (χ1v) is 11.5. The molecule has 0 spiro atoms. The summed E-state index contributed by atoms with van der Waals surface area (Å²) in [7, 11) is 0. The van der Waals surface area contributed by atoms with Gasteiger partial charge in [-0.15, -0.1) is 11.8 Å². The molecule has 3 aromatic carbocycles. The van der Waals surface area contributed by atoms with Gasteiger partial charge < -0.3 is 9.84 Å². The zero-order valence-electron chi connectivity index (χ0n) is 16.6. The van der Waals surface area contributed by atoms with Crippen LogP contribution < -0.4 is 0 Å². The van der Waals surface area contributed by atoms with Gasteiger partial charge in [0.2, 0.25) is 0 Å². The summed E-state index contributed by atoms with van der Waals surface area (Å²) in [6.07, 6.45) is 0.247. The fourth-order valence-corrected chi connectivity index (χ4v) is 5.38. The number of aryl methyl sites for hydroxylation is 1. The van der Waals surface area contributed by atoms with Crippen LogP contribution in [0.25, 0.3) is 0 Å². The molecule has 0 aliphatic carbocycles. The SMILES string of the molecule is Cc1ccccc1SC1=C(O)CC(CSc2ccccc2)(c2ccccc2)OC1=O. The Bertz CT molecular complexity index is 1060. The monoisotopic (exact) mass is 434 g/mol. The van der Waals surface area contributed by atoms with E-state index in [0.29, 0.717) is 5.75 Å². The maximum absolute atomic E-state index is 13.1. The molecule has 3 aromatic rings. The Morgan fingerprint density at radius 3 is 2.23 bits per heavy atom. The van der Waals surface area contributed by atoms with E-state index < -0.39 is 11.6 Å². The highest BCUT2D eigenvalue weighted by Gasteiger charge is 2.44. The fourth-order valence-electron chi connectivity index (χ4n) is 3.39. The summed E-state index contributed by atoms with van der Waals surface area (Å²) in [6.45, 7) is 1.98. The molecule has 5 heteroatoms. The topological polar surface area (TPSA) is 46.5 Å². The molecule has 0 fully saturated rings. The molecule has 1 unspecified atom stereocenters. The average Bonchev–Trinajstić information content (AvgIpc) is 2.77. The van der Waals surface area contributed by atoms with Crippen molar-refractivity contribution < 1.29 is 14.6 Å². The van der Waals surface area contributed by atoms with Gasteiger partial charge in [0.25, 0.3) is 0 Å². The fraction of sp³-hybridized carbons (Fsp3) is 0.160. The van der Waals surface area contributed by atoms with Crippen molar-refractivity contribution in [1.29, 1.82) is 0 Å². The number of carbonyl (C=O) groups excluding carboxylic acids is 1. The number of aliphatic hydroxyl groups is 1. The molecule has 0 amide bonds. The van der Waals surface area contributed by atoms with E-state index in [1.165, 1.54) is 11.8 Å². The molecular formula is C25H22O3S2. The lowest BCUT2D eigenvalue weighted by Gasteiger charge is -2.37. The maximum Gasteiger partial charge on any atom is 0.349 e. The van der Waals surface area contributed by atoms with E-state index in [0.717, 1.165) is 20.9 Å². The van der Waals surface area contributed by atoms with Crippen LogP contribution in [-0.4, -0.2) is 16.8 Å². The second-order valence-corrected chi connectivity index (χ2v) is 9.27. The molecule has 0 bridgehead atoms. The van der Waals surface area contributed by atoms with Crippen molar-refractivity contribution in [2.24, 2.45) is 0 Å². The van der Waals surface area contributed by atoms with Gasteiger partial charge in [0.05, 0.1) is 6.42 Å². The van der Waals surface area contributed by atoms with Crippen LogP contribution in [0.4, 0.5) is 0 Å². The molecule has 1 heterocycles. The Morgan fingerprint density at radius 2 is 1.57 bits per heavy atom. The number of hydrogen-bond acceptors (Lipinski definition) is 5. The van der Waals surface area contributed by atoms with E-state index in [1.807, 2.05) is 91.9 Å². The van der Waals surface area contributed by atoms with Crippen molar-refractivity contribution >= 4 is 29.5 Å². The number of rotatable bonds is 6. The zero-order chi connectivity index (χ0) is 21.0. The van der Waals surface area contributed by atoms with Crippen LogP contribution in [0.5, 0.6) is 0 Å². The molecule has 1 N–H and O–H groups in total. The number of hydrogen-bond donors (Lipinski definition) is 1. The van der Waals surface area contributed by atoms with Gasteiger partial charge in [0.1, 0.15) is 10.7 Å². The van der Waals surface area contributed by atoms with Crippen LogP contribution in [0.15, 0.2) is 105 Å². The minimum Gasteiger partial charge on any atom is -0.511 e. The predicted octanol–water partition coefficient (Wildman–Crippen LogP) is 6.49. The van der Waals surface area contributed by atoms with Gasteiger partial charge in [-0.3, -0.25) is 0 Å². The summed E-state index contributed by atoms with van der Waals surface area (Å²) in [5, 5.41) is 10.9. The molecule has 4 rings (SSSR count). The molecule has 0 saturated carbocycles. The molecule has 1 aliphatic heterocycles. The van der Waals surface area contributed by atoms with E-state index in [-0.39, 0.29) is 17.1 Å². The number of thioether (sulfide) groups is 2. The Hall–Kier alpha value is -2.63. The number of benzene rings is 3. The third kappa shape index (κ3) is 4.42. The molecule has 1 aliphatic rings. The highest BCUT2D eigenvalue weighted by molar-refractivity contribution is 8.04. The first-order valence-electron chi connectivity index (χ1n) is 9.70. The quantitative estimate of drug-likeness (QED) is 0.355. The van der Waals surface area contributed by atoms with E-state index in [9.17, 15) is 9.90 Å². The Morgan fingerprint density at radius 1 is 0.933 bits per heavy atom. The smallest absolute Gasteiger partial charge is 0.349 e. The molecular weight excluding hydrogens is 412 g/mol. The lowest BCUT2D eigenvalue weighted by molar-refractivity contribution is -0.156. The standard InChI is InChI=1S/C25H22O3S2/c1-18-10-8-9-15-22(18)30-23-21(26)16-25(28-24(23)27,19-11-4-2-5-12-19)17-29-20-13-6-3-7-14-20/h2-15,26H,16-17H2,1H3. The van der Waals surface area contributed by atoms with Crippen molar-refractivity contribution in [1.82, 2.24) is 0 Å². The average molecular weight is 435 g/mol. The van der Waals surface area contributed by atoms with Gasteiger partial charge in [-0.25, -0.2) is 4.79 Å². The first kappa shape index (κ1) is 20.6. The molecule has 1 atom stereocenters. The van der Waals surface area contributed by atoms with Gasteiger partial charge in [-0.05, 0) is 36.2 Å². The van der Waals surface area contributed by atoms with Crippen LogP contribution in [0.1, 0.15) is 17.5 Å². The van der Waals surface area contributed by atoms with E-state index in [2.05, 4.69) is 0 Å². The Labute approximate surface area is 185 Å². The normalized spacial score (nSPS) is 18.9. The summed E-state index contributed by atoms with van der Waals surface area (Å²) in [5.74, 6) is 0.112. The van der Waals surface area contributed by atoms with Gasteiger partial charge in [0.15, 0.2) is 5.60 Å². The van der Waals surface area contributed by atoms with Gasteiger partial charge in [-0.1, -0.05) is 78.5 Å². The summed E-state index contributed by atoms with van der Waals surface area (Å²) in [5.41, 5.74) is 1.02. The second-order valence-electron chi connectivity index (χ2n) is 7.17. The first-order chi connectivity index (χ1) is 14.6. The molecule has 152 valence electrons. The van der Waals surface area contributed by atoms with E-state index in [1.54, 1.807) is 11.8 Å². The van der Waals surface area contributed by atoms with Crippen molar-refractivity contribution in [3.05, 3.63) is 107 Å². The minimum absolute atomic E-state index is 0.0806. The Kier molecular flexibility index (Phi) is 6.21. The summed E-state index contributed by atoms with van der Waals surface area (Å²) >= 11 is 2.88. The van der Waals surface area contributed by atoms with Crippen LogP contribution >= 0.6 is 23.5 Å². The van der Waals surface area contributed by atoms with Crippen molar-refractivity contribution in [2.45, 2.75) is 28.7 Å². The lowest BCUT2D eigenvalue weighted by atomic mass is 9.89. The van der Waals surface area contributed by atoms with Gasteiger partial charge >= 0.3 is 5.97 Å². The minimum atomic E-state index is -0.918. The second kappa shape index (κ2) is 9.02. The molecule has 3 nitrogen and oxygen atoms in total. The summed E-state index contributed by atoms with van der Waals surface area (Å²) < 4.78 is 6.08. The van der Waals surface area contributed by atoms with Gasteiger partial charge in [-0.2, -0.15) is 0 Å². The predicted molar refractivity (Wildman–Crippen MR) is 123 cm³/mol. The van der Waals surface area contributed by atoms with Crippen molar-refractivity contribution in [3.8, 4) is 0 Å². The highest BCUT2D eigenvalue weighted by Crippen LogP contribution is 2.45. The van der Waals surface area contributed by atoms with Crippen LogP contribution in [-0.2, 0) is 15.1 Å². The van der Waals surface area contributed by atoms with Crippen molar-refractivity contribution in [3.63, 3.8) is 0 Å². The van der Waals surface area contributed by atoms with E-state index >= 15 is 0 Å². The number of esters is 1. The summed E-state index contributed by atoms with van der Waals surface area (Å²) in [6, 6.07) is 27.5. The third-order valence-corrected chi connectivity index (χ3v) is 7.51. The van der Waals surface area contributed by atoms with Crippen LogP contribution in [0.3, 0.4) is 0 Å². The number of carbonyl (C=O) groups is 1. The maximum atomic E-state index is 13.1. The molecule has 0 saturated heterocycles. The molecule has 30 heavy (non-hydrogen) atoms. The van der Waals surface area contributed by atoms with E-state index in [4.69, 9.17) is 4.74 Å². The number of aliphatic hydroxyl groups excluding tert-OH is 1. The number of ether oxygens (including phenoxy) is 1. The molecule has 0 radical (unpaired) electrons. The molecule has 0 aromatic heterocycles. The highest BCUT2D eigenvalue weighted by atomic mass is 32.2. The van der Waals surface area contributed by atoms with Gasteiger partial charge in [0, 0.05) is 15.5 Å². The third-order valence-electron chi connectivity index (χ3n) is 5.01. The van der Waals surface area contributed by atoms with Crippen LogP contribution in [0, 0.1) is 6.92 Å². The van der Waals surface area contributed by atoms with Crippen molar-refractivity contribution in [2.75, 3.05) is 5.75 Å². The van der Waals surface area contributed by atoms with Crippen LogP contribution in [0.2, 0.25) is 0 Å². The largest absolute Gasteiger partial charge is 0.511 e. The Balaban J connectivity index is 1.66.